The molecule has 0 radical (unpaired) electrons. The third-order valence-corrected chi connectivity index (χ3v) is 1.80. The maximum absolute atomic E-state index is 4.94. The molecule has 0 bridgehead atoms. The van der Waals surface area contributed by atoms with Crippen molar-refractivity contribution in [2.75, 3.05) is 39.3 Å². The number of hydrogen-bond acceptors (Lipinski definition) is 3. The first-order chi connectivity index (χ1) is 5.43. The van der Waals surface area contributed by atoms with Crippen LogP contribution in [0, 0.1) is 12.5 Å². The van der Waals surface area contributed by atoms with Gasteiger partial charge in [0.1, 0.15) is 12.7 Å². The first kappa shape index (κ1) is 8.38. The molecule has 1 rings (SSSR count). The van der Waals surface area contributed by atoms with Crippen LogP contribution in [0.3, 0.4) is 0 Å². The van der Waals surface area contributed by atoms with Crippen LogP contribution in [-0.4, -0.2) is 44.2 Å². The highest BCUT2D eigenvalue weighted by Gasteiger charge is 2.07. The summed E-state index contributed by atoms with van der Waals surface area (Å²) in [6.45, 7) is 5.97. The second kappa shape index (κ2) is 5.00. The van der Waals surface area contributed by atoms with Gasteiger partial charge in [-0.2, -0.15) is 0 Å². The van der Waals surface area contributed by atoms with Gasteiger partial charge in [-0.3, -0.25) is 4.90 Å². The average Bonchev–Trinajstić information content (AvgIpc) is 2.07. The zero-order valence-corrected chi connectivity index (χ0v) is 6.68. The normalized spacial score (nSPS) is 19.2. The lowest BCUT2D eigenvalue weighted by Crippen LogP contribution is -2.44. The van der Waals surface area contributed by atoms with Crippen molar-refractivity contribution in [3.05, 3.63) is 0 Å². The highest BCUT2D eigenvalue weighted by Crippen LogP contribution is 1.90. The van der Waals surface area contributed by atoms with Gasteiger partial charge in [0.05, 0.1) is 0 Å². The van der Waals surface area contributed by atoms with Crippen LogP contribution >= 0.6 is 0 Å². The molecule has 1 aliphatic heterocycles. The second-order valence-corrected chi connectivity index (χ2v) is 2.56. The maximum Gasteiger partial charge on any atom is 0.113 e. The second-order valence-electron chi connectivity index (χ2n) is 2.56. The molecule has 11 heavy (non-hydrogen) atoms. The van der Waals surface area contributed by atoms with Gasteiger partial charge in [-0.15, -0.1) is 0 Å². The minimum atomic E-state index is 0.649. The number of nitrogens with one attached hydrogen (secondary N) is 1. The highest BCUT2D eigenvalue weighted by molar-refractivity contribution is 4.71. The molecule has 0 aliphatic carbocycles. The fourth-order valence-corrected chi connectivity index (χ4v) is 1.17. The molecule has 0 aromatic rings. The first-order valence-electron chi connectivity index (χ1n) is 3.94. The Labute approximate surface area is 67.7 Å². The van der Waals surface area contributed by atoms with Crippen molar-refractivity contribution in [2.24, 2.45) is 0 Å². The molecule has 0 saturated carbocycles. The number of ether oxygens (including phenoxy) is 1. The number of terminal acetylenes is 1. The van der Waals surface area contributed by atoms with Crippen LogP contribution in [0.5, 0.6) is 0 Å². The fraction of sp³-hybridized carbons (Fsp3) is 0.750. The number of hydrogen-bond donors (Lipinski definition) is 1. The average molecular weight is 154 g/mol. The van der Waals surface area contributed by atoms with Crippen molar-refractivity contribution in [3.8, 4) is 12.5 Å². The smallest absolute Gasteiger partial charge is 0.113 e. The molecular formula is C8H14N2O. The Kier molecular flexibility index (Phi) is 3.81. The van der Waals surface area contributed by atoms with Crippen LogP contribution in [0.25, 0.3) is 0 Å². The largest absolute Gasteiger partial charge is 0.445 e. The predicted octanol–water partition coefficient (Wildman–Crippen LogP) is -0.501. The third-order valence-electron chi connectivity index (χ3n) is 1.80. The van der Waals surface area contributed by atoms with Crippen LogP contribution in [0.15, 0.2) is 0 Å². The zero-order valence-electron chi connectivity index (χ0n) is 6.68. The molecule has 0 amide bonds. The van der Waals surface area contributed by atoms with Crippen LogP contribution in [-0.2, 0) is 4.74 Å². The van der Waals surface area contributed by atoms with Crippen molar-refractivity contribution in [2.45, 2.75) is 0 Å². The van der Waals surface area contributed by atoms with Crippen LogP contribution in [0.1, 0.15) is 0 Å². The Balaban J connectivity index is 2.01. The van der Waals surface area contributed by atoms with Crippen LogP contribution in [0.2, 0.25) is 0 Å². The van der Waals surface area contributed by atoms with E-state index >= 15 is 0 Å². The Bertz CT molecular complexity index is 136. The maximum atomic E-state index is 4.94. The van der Waals surface area contributed by atoms with Crippen molar-refractivity contribution in [1.29, 1.82) is 0 Å². The van der Waals surface area contributed by atoms with Gasteiger partial charge in [0.15, 0.2) is 0 Å². The summed E-state index contributed by atoms with van der Waals surface area (Å²) in [7, 11) is 0. The lowest BCUT2D eigenvalue weighted by atomic mass is 10.4. The lowest BCUT2D eigenvalue weighted by Gasteiger charge is -2.26. The summed E-state index contributed by atoms with van der Waals surface area (Å²) in [4.78, 5) is 2.34. The molecule has 0 atom stereocenters. The molecule has 1 heterocycles. The van der Waals surface area contributed by atoms with Crippen LogP contribution < -0.4 is 5.32 Å². The fourth-order valence-electron chi connectivity index (χ4n) is 1.17. The van der Waals surface area contributed by atoms with Crippen molar-refractivity contribution in [3.63, 3.8) is 0 Å². The Morgan fingerprint density at radius 1 is 1.45 bits per heavy atom. The quantitative estimate of drug-likeness (QED) is 0.438. The molecule has 3 heteroatoms. The van der Waals surface area contributed by atoms with E-state index in [1.165, 1.54) is 0 Å². The van der Waals surface area contributed by atoms with Crippen molar-refractivity contribution < 1.29 is 4.74 Å². The summed E-state index contributed by atoms with van der Waals surface area (Å²) in [5.74, 6) is 0. The molecule has 1 N–H and O–H groups in total. The summed E-state index contributed by atoms with van der Waals surface area (Å²) in [5, 5.41) is 3.28. The monoisotopic (exact) mass is 154 g/mol. The molecule has 62 valence electrons. The van der Waals surface area contributed by atoms with Gasteiger partial charge in [0, 0.05) is 32.7 Å². The summed E-state index contributed by atoms with van der Waals surface area (Å²) >= 11 is 0. The topological polar surface area (TPSA) is 24.5 Å². The van der Waals surface area contributed by atoms with E-state index in [0.717, 1.165) is 32.7 Å². The van der Waals surface area contributed by atoms with E-state index in [9.17, 15) is 0 Å². The van der Waals surface area contributed by atoms with E-state index in [-0.39, 0.29) is 0 Å². The Morgan fingerprint density at radius 2 is 2.18 bits per heavy atom. The lowest BCUT2D eigenvalue weighted by molar-refractivity contribution is 0.176. The minimum absolute atomic E-state index is 0.649. The van der Waals surface area contributed by atoms with E-state index in [0.29, 0.717) is 6.61 Å². The Morgan fingerprint density at radius 3 is 2.82 bits per heavy atom. The van der Waals surface area contributed by atoms with E-state index in [4.69, 9.17) is 11.2 Å². The first-order valence-corrected chi connectivity index (χ1v) is 3.94. The van der Waals surface area contributed by atoms with Gasteiger partial charge in [-0.1, -0.05) is 6.42 Å². The summed E-state index contributed by atoms with van der Waals surface area (Å²) in [6.07, 6.45) is 7.11. The van der Waals surface area contributed by atoms with E-state index < -0.39 is 0 Å². The summed E-state index contributed by atoms with van der Waals surface area (Å²) in [6, 6.07) is 0. The van der Waals surface area contributed by atoms with Gasteiger partial charge in [0.2, 0.25) is 0 Å². The number of nitrogens with zero attached hydrogens (tertiary/aromatic N) is 1. The van der Waals surface area contributed by atoms with Crippen LogP contribution in [0.4, 0.5) is 0 Å². The van der Waals surface area contributed by atoms with Crippen molar-refractivity contribution in [1.82, 2.24) is 10.2 Å². The molecule has 0 aromatic heterocycles. The zero-order chi connectivity index (χ0) is 7.94. The SMILES string of the molecule is C#COCCN1CCNCC1. The van der Waals surface area contributed by atoms with Crippen molar-refractivity contribution >= 4 is 0 Å². The molecule has 1 fully saturated rings. The predicted molar refractivity (Wildman–Crippen MR) is 44.1 cm³/mol. The summed E-state index contributed by atoms with van der Waals surface area (Å²) < 4.78 is 4.80. The minimum Gasteiger partial charge on any atom is -0.445 e. The standard InChI is InChI=1S/C8H14N2O/c1-2-11-8-7-10-5-3-9-4-6-10/h1,9H,3-8H2. The van der Waals surface area contributed by atoms with Gasteiger partial charge < -0.3 is 10.1 Å². The highest BCUT2D eigenvalue weighted by atomic mass is 16.5. The third kappa shape index (κ3) is 3.26. The number of piperazine rings is 1. The molecule has 1 saturated heterocycles. The molecule has 3 nitrogen and oxygen atoms in total. The van der Waals surface area contributed by atoms with Gasteiger partial charge in [0.25, 0.3) is 0 Å². The molecule has 0 unspecified atom stereocenters. The van der Waals surface area contributed by atoms with Gasteiger partial charge in [-0.25, -0.2) is 0 Å². The molecule has 0 spiro atoms. The summed E-state index contributed by atoms with van der Waals surface area (Å²) in [5.41, 5.74) is 0. The van der Waals surface area contributed by atoms with E-state index in [1.54, 1.807) is 0 Å². The molecular weight excluding hydrogens is 140 g/mol. The van der Waals surface area contributed by atoms with Gasteiger partial charge >= 0.3 is 0 Å². The van der Waals surface area contributed by atoms with E-state index in [1.807, 2.05) is 0 Å². The van der Waals surface area contributed by atoms with Gasteiger partial charge in [-0.05, 0) is 0 Å². The molecule has 1 aliphatic rings. The molecule has 0 aromatic carbocycles. The number of rotatable bonds is 3. The van der Waals surface area contributed by atoms with E-state index in [2.05, 4.69) is 16.3 Å². The Hall–Kier alpha value is -0.720.